The van der Waals surface area contributed by atoms with Gasteiger partial charge in [0.2, 0.25) is 11.7 Å². The monoisotopic (exact) mass is 379 g/mol. The van der Waals surface area contributed by atoms with Crippen LogP contribution in [0.3, 0.4) is 0 Å². The molecule has 0 amide bonds. The summed E-state index contributed by atoms with van der Waals surface area (Å²) in [6, 6.07) is 4.20. The van der Waals surface area contributed by atoms with Crippen LogP contribution in [0, 0.1) is 15.9 Å². The molecule has 2 heterocycles. The van der Waals surface area contributed by atoms with Gasteiger partial charge in [0.15, 0.2) is 5.82 Å². The van der Waals surface area contributed by atoms with E-state index < -0.39 is 16.4 Å². The second-order valence-corrected chi connectivity index (χ2v) is 6.41. The molecule has 0 saturated carbocycles. The molecular formula is C17H22FN5O4. The van der Waals surface area contributed by atoms with E-state index in [1.54, 1.807) is 13.2 Å². The molecule has 3 rings (SSSR count). The van der Waals surface area contributed by atoms with Crippen molar-refractivity contribution < 1.29 is 18.6 Å². The van der Waals surface area contributed by atoms with Crippen molar-refractivity contribution in [1.82, 2.24) is 15.0 Å². The van der Waals surface area contributed by atoms with Crippen molar-refractivity contribution in [1.29, 1.82) is 0 Å². The molecule has 0 aliphatic carbocycles. The van der Waals surface area contributed by atoms with Gasteiger partial charge < -0.3 is 14.2 Å². The van der Waals surface area contributed by atoms with Crippen LogP contribution in [0.1, 0.15) is 31.2 Å². The molecular weight excluding hydrogens is 357 g/mol. The first kappa shape index (κ1) is 19.2. The molecule has 2 aromatic rings. The molecule has 1 atom stereocenters. The Hall–Kier alpha value is -2.59. The van der Waals surface area contributed by atoms with E-state index in [9.17, 15) is 14.5 Å². The minimum Gasteiger partial charge on any atom is -0.374 e. The molecule has 1 aliphatic rings. The fourth-order valence-corrected chi connectivity index (χ4v) is 3.10. The maximum atomic E-state index is 13.9. The lowest BCUT2D eigenvalue weighted by molar-refractivity contribution is -0.386. The molecule has 9 nitrogen and oxygen atoms in total. The van der Waals surface area contributed by atoms with E-state index in [0.29, 0.717) is 43.6 Å². The Morgan fingerprint density at radius 3 is 2.93 bits per heavy atom. The van der Waals surface area contributed by atoms with Crippen molar-refractivity contribution in [2.24, 2.45) is 0 Å². The van der Waals surface area contributed by atoms with Gasteiger partial charge in [0, 0.05) is 33.3 Å². The molecule has 10 heteroatoms. The zero-order valence-electron chi connectivity index (χ0n) is 15.3. The van der Waals surface area contributed by atoms with Crippen molar-refractivity contribution in [3.63, 3.8) is 0 Å². The quantitative estimate of drug-likeness (QED) is 0.558. The fourth-order valence-electron chi connectivity index (χ4n) is 3.10. The second-order valence-electron chi connectivity index (χ2n) is 6.41. The first-order valence-corrected chi connectivity index (χ1v) is 8.75. The molecule has 0 N–H and O–H groups in total. The van der Waals surface area contributed by atoms with Crippen molar-refractivity contribution >= 4 is 11.4 Å². The van der Waals surface area contributed by atoms with Crippen molar-refractivity contribution in [3.05, 3.63) is 45.8 Å². The van der Waals surface area contributed by atoms with Gasteiger partial charge in [-0.2, -0.15) is 9.37 Å². The topological polar surface area (TPSA) is 97.8 Å². The Morgan fingerprint density at radius 1 is 1.37 bits per heavy atom. The second kappa shape index (κ2) is 8.40. The Kier molecular flexibility index (Phi) is 5.97. The third-order valence-electron chi connectivity index (χ3n) is 4.64. The van der Waals surface area contributed by atoms with Crippen LogP contribution >= 0.6 is 0 Å². The van der Waals surface area contributed by atoms with Crippen molar-refractivity contribution in [3.8, 4) is 0 Å². The number of nitro groups is 1. The zero-order valence-corrected chi connectivity index (χ0v) is 15.3. The van der Waals surface area contributed by atoms with E-state index in [1.165, 1.54) is 6.07 Å². The normalized spacial score (nSPS) is 16.9. The van der Waals surface area contributed by atoms with Gasteiger partial charge in [0.1, 0.15) is 11.8 Å². The standard InChI is InChI=1S/C17H22FN5O4/c1-12(26-2)17-19-15(27-20-17)11-21-7-4-8-22(10-9-21)14-6-3-5-13(18)16(14)23(24)25/h3,5-6,12H,4,7-11H2,1-2H3. The Labute approximate surface area is 155 Å². The van der Waals surface area contributed by atoms with Gasteiger partial charge in [0.25, 0.3) is 0 Å². The summed E-state index contributed by atoms with van der Waals surface area (Å²) in [5, 5.41) is 15.2. The molecule has 1 fully saturated rings. The van der Waals surface area contributed by atoms with Crippen LogP contribution in [-0.4, -0.2) is 53.3 Å². The molecule has 0 bridgehead atoms. The number of nitro benzene ring substituents is 1. The third-order valence-corrected chi connectivity index (χ3v) is 4.64. The predicted octanol–water partition coefficient (Wildman–Crippen LogP) is 2.54. The molecule has 1 aromatic heterocycles. The maximum Gasteiger partial charge on any atom is 0.327 e. The van der Waals surface area contributed by atoms with E-state index in [4.69, 9.17) is 9.26 Å². The molecule has 27 heavy (non-hydrogen) atoms. The summed E-state index contributed by atoms with van der Waals surface area (Å²) in [5.74, 6) is 0.183. The van der Waals surface area contributed by atoms with E-state index in [1.807, 2.05) is 11.8 Å². The summed E-state index contributed by atoms with van der Waals surface area (Å²) in [5.41, 5.74) is -0.156. The van der Waals surface area contributed by atoms with Crippen LogP contribution < -0.4 is 4.90 Å². The molecule has 1 aromatic carbocycles. The first-order chi connectivity index (χ1) is 13.0. The van der Waals surface area contributed by atoms with Crippen LogP contribution in [0.5, 0.6) is 0 Å². The van der Waals surface area contributed by atoms with Crippen LogP contribution in [0.25, 0.3) is 0 Å². The predicted molar refractivity (Wildman–Crippen MR) is 94.9 cm³/mol. The average molecular weight is 379 g/mol. The summed E-state index contributed by atoms with van der Waals surface area (Å²) in [7, 11) is 1.58. The van der Waals surface area contributed by atoms with Gasteiger partial charge in [-0.15, -0.1) is 0 Å². The van der Waals surface area contributed by atoms with E-state index in [2.05, 4.69) is 15.0 Å². The molecule has 0 spiro atoms. The Bertz CT molecular complexity index is 799. The van der Waals surface area contributed by atoms with Crippen LogP contribution in [0.4, 0.5) is 15.8 Å². The molecule has 1 unspecified atom stereocenters. The van der Waals surface area contributed by atoms with Crippen LogP contribution in [0.2, 0.25) is 0 Å². The van der Waals surface area contributed by atoms with Crippen molar-refractivity contribution in [2.75, 3.05) is 38.2 Å². The first-order valence-electron chi connectivity index (χ1n) is 8.75. The lowest BCUT2D eigenvalue weighted by atomic mass is 10.2. The SMILES string of the molecule is COC(C)c1noc(CN2CCCN(c3cccc(F)c3[N+](=O)[O-])CC2)n1. The van der Waals surface area contributed by atoms with Crippen LogP contribution in [0.15, 0.2) is 22.7 Å². The van der Waals surface area contributed by atoms with E-state index in [0.717, 1.165) is 19.0 Å². The van der Waals surface area contributed by atoms with Crippen LogP contribution in [-0.2, 0) is 11.3 Å². The Morgan fingerprint density at radius 2 is 2.19 bits per heavy atom. The van der Waals surface area contributed by atoms with Gasteiger partial charge in [-0.3, -0.25) is 15.0 Å². The Balaban J connectivity index is 1.67. The zero-order chi connectivity index (χ0) is 19.4. The molecule has 146 valence electrons. The number of ether oxygens (including phenoxy) is 1. The number of para-hydroxylation sites is 1. The minimum atomic E-state index is -0.816. The number of halogens is 1. The number of nitrogens with zero attached hydrogens (tertiary/aromatic N) is 5. The highest BCUT2D eigenvalue weighted by Gasteiger charge is 2.26. The molecule has 1 aliphatic heterocycles. The fraction of sp³-hybridized carbons (Fsp3) is 0.529. The number of rotatable bonds is 6. The summed E-state index contributed by atoms with van der Waals surface area (Å²) in [4.78, 5) is 18.9. The number of anilines is 1. The number of aromatic nitrogens is 2. The summed E-state index contributed by atoms with van der Waals surface area (Å²) >= 11 is 0. The highest BCUT2D eigenvalue weighted by atomic mass is 19.1. The highest BCUT2D eigenvalue weighted by molar-refractivity contribution is 5.63. The third kappa shape index (κ3) is 4.40. The largest absolute Gasteiger partial charge is 0.374 e. The number of hydrogen-bond donors (Lipinski definition) is 0. The van der Waals surface area contributed by atoms with Gasteiger partial charge in [-0.1, -0.05) is 11.2 Å². The van der Waals surface area contributed by atoms with Crippen molar-refractivity contribution in [2.45, 2.75) is 26.0 Å². The highest BCUT2D eigenvalue weighted by Crippen LogP contribution is 2.31. The molecule has 0 radical (unpaired) electrons. The number of benzene rings is 1. The minimum absolute atomic E-state index is 0.240. The smallest absolute Gasteiger partial charge is 0.327 e. The van der Waals surface area contributed by atoms with Gasteiger partial charge in [-0.25, -0.2) is 0 Å². The maximum absolute atomic E-state index is 13.9. The molecule has 1 saturated heterocycles. The lowest BCUT2D eigenvalue weighted by Crippen LogP contribution is -2.31. The summed E-state index contributed by atoms with van der Waals surface area (Å²) in [6.07, 6.45) is 0.541. The number of methoxy groups -OCH3 is 1. The summed E-state index contributed by atoms with van der Waals surface area (Å²) < 4.78 is 24.3. The van der Waals surface area contributed by atoms with E-state index >= 15 is 0 Å². The van der Waals surface area contributed by atoms with E-state index in [-0.39, 0.29) is 6.10 Å². The van der Waals surface area contributed by atoms with Gasteiger partial charge in [0.05, 0.1) is 11.5 Å². The lowest BCUT2D eigenvalue weighted by Gasteiger charge is -2.23. The number of hydrogen-bond acceptors (Lipinski definition) is 8. The van der Waals surface area contributed by atoms with Gasteiger partial charge in [-0.05, 0) is 25.5 Å². The summed E-state index contributed by atoms with van der Waals surface area (Å²) in [6.45, 7) is 4.89. The van der Waals surface area contributed by atoms with Gasteiger partial charge >= 0.3 is 5.69 Å². The average Bonchev–Trinajstić information content (AvgIpc) is 2.98.